The Bertz CT molecular complexity index is 1520. The lowest BCUT2D eigenvalue weighted by molar-refractivity contribution is -0.137. The van der Waals surface area contributed by atoms with Crippen molar-refractivity contribution in [3.05, 3.63) is 119 Å². The van der Waals surface area contributed by atoms with Crippen LogP contribution in [0.3, 0.4) is 0 Å². The minimum Gasteiger partial charge on any atom is -0.497 e. The zero-order valence-corrected chi connectivity index (χ0v) is 22.3. The second-order valence-electron chi connectivity index (χ2n) is 9.98. The van der Waals surface area contributed by atoms with Crippen LogP contribution in [0.15, 0.2) is 96.1 Å². The second-order valence-corrected chi connectivity index (χ2v) is 9.98. The Labute approximate surface area is 228 Å². The molecule has 5 nitrogen and oxygen atoms in total. The van der Waals surface area contributed by atoms with E-state index in [1.807, 2.05) is 79.5 Å². The van der Waals surface area contributed by atoms with E-state index in [0.717, 1.165) is 45.6 Å². The predicted octanol–water partition coefficient (Wildman–Crippen LogP) is 7.10. The van der Waals surface area contributed by atoms with Gasteiger partial charge >= 0.3 is 5.97 Å². The molecule has 4 aromatic rings. The van der Waals surface area contributed by atoms with Crippen molar-refractivity contribution >= 4 is 17.4 Å². The fourth-order valence-corrected chi connectivity index (χ4v) is 5.20. The van der Waals surface area contributed by atoms with Crippen LogP contribution in [0.5, 0.6) is 5.75 Å². The number of hydrogen-bond acceptors (Lipinski definition) is 4. The van der Waals surface area contributed by atoms with Gasteiger partial charge in [0.25, 0.3) is 0 Å². The smallest absolute Gasteiger partial charge is 0.305 e. The van der Waals surface area contributed by atoms with Crippen LogP contribution in [0.1, 0.15) is 35.6 Å². The first-order valence-corrected chi connectivity index (χ1v) is 13.0. The van der Waals surface area contributed by atoms with Crippen molar-refractivity contribution < 1.29 is 19.0 Å². The van der Waals surface area contributed by atoms with Crippen LogP contribution in [0.2, 0.25) is 0 Å². The van der Waals surface area contributed by atoms with Gasteiger partial charge in [0.1, 0.15) is 11.6 Å². The highest BCUT2D eigenvalue weighted by atomic mass is 19.1. The van der Waals surface area contributed by atoms with Crippen LogP contribution >= 0.6 is 0 Å². The number of benzene rings is 4. The molecule has 39 heavy (non-hydrogen) atoms. The van der Waals surface area contributed by atoms with Crippen molar-refractivity contribution in [3.8, 4) is 16.9 Å². The van der Waals surface area contributed by atoms with Crippen molar-refractivity contribution in [3.63, 3.8) is 0 Å². The molecule has 0 spiro atoms. The molecule has 0 aliphatic carbocycles. The Morgan fingerprint density at radius 2 is 1.72 bits per heavy atom. The number of carbonyl (C=O) groups is 1. The summed E-state index contributed by atoms with van der Waals surface area (Å²) in [7, 11) is 1.57. The summed E-state index contributed by atoms with van der Waals surface area (Å²) in [6.45, 7) is 4.07. The van der Waals surface area contributed by atoms with Crippen molar-refractivity contribution in [1.82, 2.24) is 0 Å². The van der Waals surface area contributed by atoms with E-state index in [4.69, 9.17) is 9.84 Å². The average molecular weight is 523 g/mol. The summed E-state index contributed by atoms with van der Waals surface area (Å²) in [4.78, 5) is 11.7. The molecular weight excluding hydrogens is 491 g/mol. The van der Waals surface area contributed by atoms with Gasteiger partial charge in [-0.2, -0.15) is 5.10 Å². The van der Waals surface area contributed by atoms with Gasteiger partial charge in [0.05, 0.1) is 31.0 Å². The van der Waals surface area contributed by atoms with E-state index < -0.39 is 5.97 Å². The molecule has 5 rings (SSSR count). The summed E-state index contributed by atoms with van der Waals surface area (Å²) in [5, 5.41) is 16.3. The predicted molar refractivity (Wildman–Crippen MR) is 153 cm³/mol. The number of methoxy groups -OCH3 is 1. The first-order valence-electron chi connectivity index (χ1n) is 13.0. The van der Waals surface area contributed by atoms with Gasteiger partial charge in [0, 0.05) is 11.5 Å². The number of rotatable bonds is 8. The minimum atomic E-state index is -0.842. The number of carboxylic acid groups (broad SMARTS) is 1. The number of nitrogens with zero attached hydrogens (tertiary/aromatic N) is 2. The molecule has 6 heteroatoms. The highest BCUT2D eigenvalue weighted by Crippen LogP contribution is 2.33. The van der Waals surface area contributed by atoms with Crippen LogP contribution < -0.4 is 9.75 Å². The van der Waals surface area contributed by atoms with Crippen molar-refractivity contribution in [2.24, 2.45) is 11.0 Å². The second kappa shape index (κ2) is 11.1. The van der Waals surface area contributed by atoms with Gasteiger partial charge in [-0.05, 0) is 71.5 Å². The van der Waals surface area contributed by atoms with E-state index in [0.29, 0.717) is 11.3 Å². The lowest BCUT2D eigenvalue weighted by Gasteiger charge is -2.25. The first kappa shape index (κ1) is 26.2. The fourth-order valence-electron chi connectivity index (χ4n) is 5.20. The molecule has 0 radical (unpaired) electrons. The monoisotopic (exact) mass is 522 g/mol. The molecule has 0 saturated carbocycles. The van der Waals surface area contributed by atoms with Crippen LogP contribution in [0.4, 0.5) is 10.1 Å². The Hall–Kier alpha value is -4.45. The topological polar surface area (TPSA) is 62.1 Å². The number of anilines is 1. The van der Waals surface area contributed by atoms with Gasteiger partial charge in [-0.3, -0.25) is 9.80 Å². The van der Waals surface area contributed by atoms with Crippen LogP contribution in [0.25, 0.3) is 11.1 Å². The average Bonchev–Trinajstić information content (AvgIpc) is 3.26. The number of carboxylic acids is 1. The number of aliphatic carboxylic acids is 1. The number of hydrazone groups is 1. The summed E-state index contributed by atoms with van der Waals surface area (Å²) in [5.41, 5.74) is 7.44. The molecule has 1 aliphatic heterocycles. The highest BCUT2D eigenvalue weighted by Gasteiger charge is 2.37. The highest BCUT2D eigenvalue weighted by molar-refractivity contribution is 6.05. The molecule has 0 saturated heterocycles. The molecule has 0 fully saturated rings. The van der Waals surface area contributed by atoms with Crippen LogP contribution in [0, 0.1) is 18.7 Å². The quantitative estimate of drug-likeness (QED) is 0.268. The molecule has 1 heterocycles. The van der Waals surface area contributed by atoms with E-state index in [2.05, 4.69) is 12.1 Å². The molecule has 0 amide bonds. The van der Waals surface area contributed by atoms with Gasteiger partial charge in [0.15, 0.2) is 0 Å². The summed E-state index contributed by atoms with van der Waals surface area (Å²) in [6.07, 6.45) is 0.725. The maximum absolute atomic E-state index is 14.5. The lowest BCUT2D eigenvalue weighted by atomic mass is 9.91. The van der Waals surface area contributed by atoms with Gasteiger partial charge in [-0.1, -0.05) is 67.6 Å². The zero-order chi connectivity index (χ0) is 27.5. The van der Waals surface area contributed by atoms with E-state index in [1.165, 1.54) is 6.07 Å². The van der Waals surface area contributed by atoms with E-state index in [9.17, 15) is 14.3 Å². The van der Waals surface area contributed by atoms with E-state index >= 15 is 0 Å². The van der Waals surface area contributed by atoms with Gasteiger partial charge in [-0.15, -0.1) is 0 Å². The van der Waals surface area contributed by atoms with Gasteiger partial charge in [0.2, 0.25) is 0 Å². The molecule has 2 atom stereocenters. The fraction of sp³-hybridized carbons (Fsp3) is 0.212. The molecule has 4 aromatic carbocycles. The summed E-state index contributed by atoms with van der Waals surface area (Å²) < 4.78 is 19.7. The third-order valence-corrected chi connectivity index (χ3v) is 7.41. The number of ether oxygens (including phenoxy) is 1. The van der Waals surface area contributed by atoms with Crippen LogP contribution in [-0.4, -0.2) is 29.9 Å². The molecular formula is C33H31FN2O3. The Balaban J connectivity index is 1.37. The minimum absolute atomic E-state index is 0.00216. The maximum atomic E-state index is 14.5. The molecule has 1 N–H and O–H groups in total. The first-order chi connectivity index (χ1) is 18.8. The SMILES string of the molecule is COc1ccc(F)c(-c2ccc(Cc3ccc(N4N=C(c5ccccc5)C(C)C4CC(=O)O)cc3)c(C)c2)c1. The molecule has 198 valence electrons. The number of hydrogen-bond donors (Lipinski definition) is 1. The third-order valence-electron chi connectivity index (χ3n) is 7.41. The maximum Gasteiger partial charge on any atom is 0.305 e. The molecule has 0 bridgehead atoms. The normalized spacial score (nSPS) is 16.7. The van der Waals surface area contributed by atoms with E-state index in [-0.39, 0.29) is 24.2 Å². The standard InChI is InChI=1S/C33H31FN2O3/c1-21-17-26(29-19-28(39-3)15-16-30(29)34)12-11-25(21)18-23-9-13-27(14-10-23)36-31(20-32(37)38)22(2)33(35-36)24-7-5-4-6-8-24/h4-17,19,22,31H,18,20H2,1-3H3,(H,37,38). The molecule has 1 aliphatic rings. The summed E-state index contributed by atoms with van der Waals surface area (Å²) in [5.74, 6) is -0.537. The summed E-state index contributed by atoms with van der Waals surface area (Å²) in [6, 6.07) is 28.5. The zero-order valence-electron chi connectivity index (χ0n) is 22.3. The van der Waals surface area contributed by atoms with Crippen molar-refractivity contribution in [2.45, 2.75) is 32.7 Å². The summed E-state index contributed by atoms with van der Waals surface area (Å²) >= 11 is 0. The van der Waals surface area contributed by atoms with Crippen LogP contribution in [-0.2, 0) is 11.2 Å². The van der Waals surface area contributed by atoms with Gasteiger partial charge in [-0.25, -0.2) is 4.39 Å². The van der Waals surface area contributed by atoms with E-state index in [1.54, 1.807) is 19.2 Å². The Morgan fingerprint density at radius 3 is 2.38 bits per heavy atom. The Morgan fingerprint density at radius 1 is 0.974 bits per heavy atom. The van der Waals surface area contributed by atoms with Crippen molar-refractivity contribution in [1.29, 1.82) is 0 Å². The van der Waals surface area contributed by atoms with Gasteiger partial charge < -0.3 is 9.84 Å². The number of halogens is 1. The number of aryl methyl sites for hydroxylation is 1. The third kappa shape index (κ3) is 5.55. The Kier molecular flexibility index (Phi) is 7.46. The molecule has 0 aromatic heterocycles. The largest absolute Gasteiger partial charge is 0.497 e. The van der Waals surface area contributed by atoms with Crippen molar-refractivity contribution in [2.75, 3.05) is 12.1 Å². The lowest BCUT2D eigenvalue weighted by Crippen LogP contribution is -2.34. The molecule has 2 unspecified atom stereocenters.